The average molecular weight is 414 g/mol. The normalized spacial score (nSPS) is 13.1. The van der Waals surface area contributed by atoms with Crippen molar-refractivity contribution in [1.82, 2.24) is 24.2 Å². The molecule has 3 aromatic rings. The van der Waals surface area contributed by atoms with Crippen molar-refractivity contribution in [3.63, 3.8) is 0 Å². The molecule has 0 bridgehead atoms. The maximum absolute atomic E-state index is 12.1. The lowest BCUT2D eigenvalue weighted by Crippen LogP contribution is -2.26. The van der Waals surface area contributed by atoms with Crippen LogP contribution in [0.2, 0.25) is 0 Å². The Labute approximate surface area is 168 Å². The molecule has 9 nitrogen and oxygen atoms in total. The Morgan fingerprint density at radius 2 is 1.93 bits per heavy atom. The summed E-state index contributed by atoms with van der Waals surface area (Å²) in [5.41, 5.74) is 4.70. The Morgan fingerprint density at radius 3 is 2.66 bits per heavy atom. The molecule has 1 aliphatic rings. The fraction of sp³-hybridized carbons (Fsp3) is 0.316. The lowest BCUT2D eigenvalue weighted by molar-refractivity contribution is 0.301. The molecule has 0 spiro atoms. The number of benzene rings is 1. The van der Waals surface area contributed by atoms with Gasteiger partial charge in [-0.2, -0.15) is 0 Å². The van der Waals surface area contributed by atoms with Gasteiger partial charge in [0, 0.05) is 25.5 Å². The first kappa shape index (κ1) is 19.5. The summed E-state index contributed by atoms with van der Waals surface area (Å²) in [5, 5.41) is 11.9. The number of aromatic nitrogens is 4. The van der Waals surface area contributed by atoms with Crippen LogP contribution in [0.3, 0.4) is 0 Å². The van der Waals surface area contributed by atoms with E-state index in [1.54, 1.807) is 12.1 Å². The zero-order valence-corrected chi connectivity index (χ0v) is 17.0. The number of hydrogen-bond donors (Lipinski definition) is 3. The highest BCUT2D eigenvalue weighted by molar-refractivity contribution is 7.89. The third kappa shape index (κ3) is 3.74. The molecule has 1 aliphatic carbocycles. The van der Waals surface area contributed by atoms with Crippen LogP contribution in [0.5, 0.6) is 0 Å². The quantitative estimate of drug-likeness (QED) is 0.556. The van der Waals surface area contributed by atoms with E-state index < -0.39 is 10.0 Å². The molecule has 0 atom stereocenters. The number of nitrogens with zero attached hydrogens (tertiary/aromatic N) is 4. The van der Waals surface area contributed by atoms with Gasteiger partial charge >= 0.3 is 0 Å². The molecule has 152 valence electrons. The Balaban J connectivity index is 1.59. The molecule has 2 heterocycles. The van der Waals surface area contributed by atoms with Gasteiger partial charge in [0.25, 0.3) is 0 Å². The number of hydrogen-bond acceptors (Lipinski definition) is 7. The van der Waals surface area contributed by atoms with E-state index in [2.05, 4.69) is 20.0 Å². The smallest absolute Gasteiger partial charge is 0.240 e. The molecule has 2 aromatic heterocycles. The number of aryl methyl sites for hydroxylation is 3. The summed E-state index contributed by atoms with van der Waals surface area (Å²) < 4.78 is 28.6. The fourth-order valence-electron chi connectivity index (χ4n) is 3.37. The standard InChI is InChI=1S/C19H22N6O3S/c1-12-22-16-8-3-13-11-20-19(24-17(13)18(16)25(12)2)23-14-4-6-15(7-5-14)29(27,28)21-9-10-26/h4-7,11,21,26H,3,8-10H2,1-2H3,(H,20,23,24). The van der Waals surface area contributed by atoms with Gasteiger partial charge in [-0.15, -0.1) is 0 Å². The van der Waals surface area contributed by atoms with Gasteiger partial charge in [-0.1, -0.05) is 0 Å². The van der Waals surface area contributed by atoms with Crippen molar-refractivity contribution in [2.24, 2.45) is 7.05 Å². The van der Waals surface area contributed by atoms with Crippen LogP contribution in [-0.4, -0.2) is 46.2 Å². The summed E-state index contributed by atoms with van der Waals surface area (Å²) in [6.45, 7) is 1.69. The van der Waals surface area contributed by atoms with Crippen molar-refractivity contribution in [2.75, 3.05) is 18.5 Å². The molecule has 0 radical (unpaired) electrons. The SMILES string of the molecule is Cc1nc2c(n1C)-c1nc(Nc3ccc(S(=O)(=O)NCCO)cc3)ncc1CC2. The van der Waals surface area contributed by atoms with Crippen molar-refractivity contribution in [3.05, 3.63) is 47.5 Å². The summed E-state index contributed by atoms with van der Waals surface area (Å²) in [6, 6.07) is 6.28. The number of aliphatic hydroxyl groups is 1. The van der Waals surface area contributed by atoms with Crippen molar-refractivity contribution in [1.29, 1.82) is 0 Å². The van der Waals surface area contributed by atoms with Crippen molar-refractivity contribution < 1.29 is 13.5 Å². The Bertz CT molecular complexity index is 1160. The van der Waals surface area contributed by atoms with Crippen LogP contribution in [0, 0.1) is 6.92 Å². The molecule has 0 saturated heterocycles. The summed E-state index contributed by atoms with van der Waals surface area (Å²) in [7, 11) is -1.66. The van der Waals surface area contributed by atoms with E-state index in [1.165, 1.54) is 12.1 Å². The molecule has 4 rings (SSSR count). The van der Waals surface area contributed by atoms with E-state index in [0.717, 1.165) is 41.3 Å². The van der Waals surface area contributed by atoms with Crippen molar-refractivity contribution in [3.8, 4) is 11.4 Å². The van der Waals surface area contributed by atoms with Crippen LogP contribution in [-0.2, 0) is 29.9 Å². The molecule has 0 amide bonds. The van der Waals surface area contributed by atoms with Crippen LogP contribution in [0.1, 0.15) is 17.1 Å². The van der Waals surface area contributed by atoms with Crippen LogP contribution < -0.4 is 10.0 Å². The van der Waals surface area contributed by atoms with Gasteiger partial charge in [0.15, 0.2) is 0 Å². The zero-order chi connectivity index (χ0) is 20.6. The highest BCUT2D eigenvalue weighted by Crippen LogP contribution is 2.32. The molecular formula is C19H22N6O3S. The highest BCUT2D eigenvalue weighted by Gasteiger charge is 2.24. The third-order valence-corrected chi connectivity index (χ3v) is 6.41. The van der Waals surface area contributed by atoms with Crippen LogP contribution in [0.25, 0.3) is 11.4 Å². The molecule has 0 unspecified atom stereocenters. The Kier molecular flexibility index (Phi) is 5.07. The van der Waals surface area contributed by atoms with Gasteiger partial charge < -0.3 is 15.0 Å². The maximum Gasteiger partial charge on any atom is 0.240 e. The summed E-state index contributed by atoms with van der Waals surface area (Å²) in [6.07, 6.45) is 3.56. The second-order valence-corrected chi connectivity index (χ2v) is 8.62. The predicted molar refractivity (Wildman–Crippen MR) is 108 cm³/mol. The summed E-state index contributed by atoms with van der Waals surface area (Å²) in [5.74, 6) is 1.38. The molecule has 29 heavy (non-hydrogen) atoms. The molecule has 3 N–H and O–H groups in total. The molecule has 1 aromatic carbocycles. The first-order chi connectivity index (χ1) is 13.9. The van der Waals surface area contributed by atoms with E-state index >= 15 is 0 Å². The highest BCUT2D eigenvalue weighted by atomic mass is 32.2. The van der Waals surface area contributed by atoms with E-state index in [0.29, 0.717) is 11.6 Å². The largest absolute Gasteiger partial charge is 0.395 e. The minimum Gasteiger partial charge on any atom is -0.395 e. The monoisotopic (exact) mass is 414 g/mol. The fourth-order valence-corrected chi connectivity index (χ4v) is 4.39. The summed E-state index contributed by atoms with van der Waals surface area (Å²) >= 11 is 0. The van der Waals surface area contributed by atoms with E-state index in [1.807, 2.05) is 24.7 Å². The number of aliphatic hydroxyl groups excluding tert-OH is 1. The van der Waals surface area contributed by atoms with Crippen LogP contribution in [0.15, 0.2) is 35.4 Å². The van der Waals surface area contributed by atoms with E-state index in [4.69, 9.17) is 10.1 Å². The van der Waals surface area contributed by atoms with Gasteiger partial charge in [-0.25, -0.2) is 28.1 Å². The predicted octanol–water partition coefficient (Wildman–Crippen LogP) is 1.30. The lowest BCUT2D eigenvalue weighted by atomic mass is 9.98. The number of rotatable bonds is 6. The van der Waals surface area contributed by atoms with Gasteiger partial charge in [-0.3, -0.25) is 0 Å². The zero-order valence-electron chi connectivity index (χ0n) is 16.2. The van der Waals surface area contributed by atoms with Crippen molar-refractivity contribution in [2.45, 2.75) is 24.7 Å². The minimum absolute atomic E-state index is 0.0270. The third-order valence-electron chi connectivity index (χ3n) is 4.94. The average Bonchev–Trinajstić information content (AvgIpc) is 3.01. The number of sulfonamides is 1. The first-order valence-electron chi connectivity index (χ1n) is 9.25. The summed E-state index contributed by atoms with van der Waals surface area (Å²) in [4.78, 5) is 13.8. The number of nitrogens with one attached hydrogen (secondary N) is 2. The van der Waals surface area contributed by atoms with Gasteiger partial charge in [0.2, 0.25) is 16.0 Å². The topological polar surface area (TPSA) is 122 Å². The van der Waals surface area contributed by atoms with E-state index in [-0.39, 0.29) is 18.0 Å². The second-order valence-electron chi connectivity index (χ2n) is 6.85. The first-order valence-corrected chi connectivity index (χ1v) is 10.7. The van der Waals surface area contributed by atoms with E-state index in [9.17, 15) is 8.42 Å². The second kappa shape index (κ2) is 7.54. The molecule has 0 saturated carbocycles. The molecule has 0 fully saturated rings. The Morgan fingerprint density at radius 1 is 1.17 bits per heavy atom. The molecule has 0 aliphatic heterocycles. The number of imidazole rings is 1. The Hall–Kier alpha value is -2.82. The van der Waals surface area contributed by atoms with Crippen LogP contribution >= 0.6 is 0 Å². The maximum atomic E-state index is 12.1. The van der Waals surface area contributed by atoms with Gasteiger partial charge in [0.05, 0.1) is 28.6 Å². The van der Waals surface area contributed by atoms with Crippen molar-refractivity contribution >= 4 is 21.7 Å². The van der Waals surface area contributed by atoms with Crippen LogP contribution in [0.4, 0.5) is 11.6 Å². The minimum atomic E-state index is -3.64. The molecular weight excluding hydrogens is 392 g/mol. The molecule has 10 heteroatoms. The van der Waals surface area contributed by atoms with Gasteiger partial charge in [-0.05, 0) is 49.6 Å². The lowest BCUT2D eigenvalue weighted by Gasteiger charge is -2.17. The number of fused-ring (bicyclic) bond motifs is 3. The van der Waals surface area contributed by atoms with Gasteiger partial charge in [0.1, 0.15) is 5.82 Å². The number of anilines is 2.